The predicted molar refractivity (Wildman–Crippen MR) is 72.2 cm³/mol. The summed E-state index contributed by atoms with van der Waals surface area (Å²) < 4.78 is 12.1. The van der Waals surface area contributed by atoms with Crippen molar-refractivity contribution in [2.75, 3.05) is 25.6 Å². The van der Waals surface area contributed by atoms with Gasteiger partial charge in [0.05, 0.1) is 10.2 Å². The Morgan fingerprint density at radius 2 is 2.06 bits per heavy atom. The molecule has 2 N–H and O–H groups in total. The van der Waals surface area contributed by atoms with Crippen molar-refractivity contribution in [2.45, 2.75) is 32.3 Å². The maximum absolute atomic E-state index is 5.93. The fourth-order valence-corrected chi connectivity index (χ4v) is 2.37. The quantitative estimate of drug-likeness (QED) is 0.925. The van der Waals surface area contributed by atoms with Gasteiger partial charge in [-0.2, -0.15) is 0 Å². The maximum Gasteiger partial charge on any atom is 0.163 e. The number of nitrogen functional groups attached to an aromatic ring is 1. The van der Waals surface area contributed by atoms with Gasteiger partial charge >= 0.3 is 0 Å². The van der Waals surface area contributed by atoms with Crippen LogP contribution in [0.25, 0.3) is 0 Å². The third-order valence-corrected chi connectivity index (χ3v) is 4.15. The monoisotopic (exact) mass is 315 g/mol. The molecule has 1 saturated heterocycles. The summed E-state index contributed by atoms with van der Waals surface area (Å²) in [6.45, 7) is 5.84. The molecular weight excluding hydrogens is 298 g/mol. The van der Waals surface area contributed by atoms with Crippen molar-refractivity contribution in [1.82, 2.24) is 9.97 Å². The van der Waals surface area contributed by atoms with E-state index >= 15 is 0 Å². The van der Waals surface area contributed by atoms with Crippen molar-refractivity contribution in [2.24, 2.45) is 0 Å². The van der Waals surface area contributed by atoms with Crippen LogP contribution in [0.2, 0.25) is 0 Å². The Hall–Kier alpha value is -0.720. The zero-order valence-electron chi connectivity index (χ0n) is 10.7. The van der Waals surface area contributed by atoms with Crippen molar-refractivity contribution < 1.29 is 9.47 Å². The number of anilines is 1. The molecule has 1 aliphatic heterocycles. The van der Waals surface area contributed by atoms with Gasteiger partial charge in [0, 0.05) is 32.7 Å². The summed E-state index contributed by atoms with van der Waals surface area (Å²) in [6.07, 6.45) is 1.53. The molecule has 5 nitrogen and oxygen atoms in total. The van der Waals surface area contributed by atoms with Crippen LogP contribution in [0, 0.1) is 6.92 Å². The molecule has 2 rings (SSSR count). The first kappa shape index (κ1) is 13.7. The van der Waals surface area contributed by atoms with E-state index < -0.39 is 5.60 Å². The number of aryl methyl sites for hydroxylation is 1. The summed E-state index contributed by atoms with van der Waals surface area (Å²) in [5.41, 5.74) is 6.28. The van der Waals surface area contributed by atoms with E-state index in [1.807, 2.05) is 13.8 Å². The summed E-state index contributed by atoms with van der Waals surface area (Å²) >= 11 is 3.38. The van der Waals surface area contributed by atoms with E-state index in [4.69, 9.17) is 15.2 Å². The first-order valence-electron chi connectivity index (χ1n) is 6.11. The summed E-state index contributed by atoms with van der Waals surface area (Å²) in [5, 5.41) is 0. The molecule has 6 heteroatoms. The molecule has 0 aromatic carbocycles. The van der Waals surface area contributed by atoms with Gasteiger partial charge in [-0.1, -0.05) is 0 Å². The number of rotatable bonds is 3. The molecule has 1 aliphatic rings. The van der Waals surface area contributed by atoms with Gasteiger partial charge in [-0.3, -0.25) is 0 Å². The second kappa shape index (κ2) is 5.50. The lowest BCUT2D eigenvalue weighted by Crippen LogP contribution is -2.38. The predicted octanol–water partition coefficient (Wildman–Crippen LogP) is 2.17. The average Bonchev–Trinajstić information content (AvgIpc) is 2.37. The molecule has 0 saturated carbocycles. The average molecular weight is 316 g/mol. The van der Waals surface area contributed by atoms with Gasteiger partial charge in [-0.15, -0.1) is 0 Å². The van der Waals surface area contributed by atoms with E-state index in [-0.39, 0.29) is 0 Å². The zero-order valence-corrected chi connectivity index (χ0v) is 12.3. The van der Waals surface area contributed by atoms with Crippen LogP contribution in [-0.2, 0) is 15.1 Å². The number of aromatic nitrogens is 2. The number of hydrogen-bond acceptors (Lipinski definition) is 5. The van der Waals surface area contributed by atoms with Crippen LogP contribution in [0.5, 0.6) is 0 Å². The number of nitrogens with zero attached hydrogens (tertiary/aromatic N) is 2. The van der Waals surface area contributed by atoms with Crippen molar-refractivity contribution in [1.29, 1.82) is 0 Å². The van der Waals surface area contributed by atoms with Crippen LogP contribution >= 0.6 is 15.9 Å². The van der Waals surface area contributed by atoms with Crippen molar-refractivity contribution in [3.05, 3.63) is 16.0 Å². The second-order valence-electron chi connectivity index (χ2n) is 4.37. The Bertz CT molecular complexity index is 405. The molecule has 100 valence electrons. The molecule has 0 amide bonds. The standard InChI is InChI=1S/C12H18BrN3O2/c1-3-18-12(4-6-17-7-5-12)11-15-8(2)9(13)10(14)16-11/h3-7H2,1-2H3,(H2,14,15,16). The summed E-state index contributed by atoms with van der Waals surface area (Å²) in [6, 6.07) is 0. The SMILES string of the molecule is CCOC1(c2nc(C)c(Br)c(N)n2)CCOCC1. The van der Waals surface area contributed by atoms with Gasteiger partial charge in [0.2, 0.25) is 0 Å². The molecule has 0 radical (unpaired) electrons. The topological polar surface area (TPSA) is 70.3 Å². The van der Waals surface area contributed by atoms with E-state index in [1.54, 1.807) is 0 Å². The largest absolute Gasteiger partial charge is 0.383 e. The minimum absolute atomic E-state index is 0.452. The summed E-state index contributed by atoms with van der Waals surface area (Å²) in [4.78, 5) is 8.92. The molecule has 0 spiro atoms. The fourth-order valence-electron chi connectivity index (χ4n) is 2.20. The van der Waals surface area contributed by atoms with Crippen LogP contribution in [0.1, 0.15) is 31.3 Å². The summed E-state index contributed by atoms with van der Waals surface area (Å²) in [7, 11) is 0. The minimum Gasteiger partial charge on any atom is -0.383 e. The highest BCUT2D eigenvalue weighted by Gasteiger charge is 2.38. The molecule has 1 aromatic rings. The molecule has 0 atom stereocenters. The lowest BCUT2D eigenvalue weighted by Gasteiger charge is -2.35. The van der Waals surface area contributed by atoms with Crippen LogP contribution < -0.4 is 5.73 Å². The van der Waals surface area contributed by atoms with Gasteiger partial charge in [0.25, 0.3) is 0 Å². The van der Waals surface area contributed by atoms with Gasteiger partial charge in [0.15, 0.2) is 5.82 Å². The normalized spacial score (nSPS) is 18.8. The highest BCUT2D eigenvalue weighted by molar-refractivity contribution is 9.10. The number of ether oxygens (including phenoxy) is 2. The number of halogens is 1. The van der Waals surface area contributed by atoms with Gasteiger partial charge in [0.1, 0.15) is 11.4 Å². The van der Waals surface area contributed by atoms with E-state index in [1.165, 1.54) is 0 Å². The molecule has 0 bridgehead atoms. The van der Waals surface area contributed by atoms with Gasteiger partial charge in [-0.05, 0) is 29.8 Å². The van der Waals surface area contributed by atoms with Gasteiger partial charge in [-0.25, -0.2) is 9.97 Å². The Labute approximate surface area is 115 Å². The van der Waals surface area contributed by atoms with Crippen molar-refractivity contribution in [3.8, 4) is 0 Å². The Kier molecular flexibility index (Phi) is 4.19. The van der Waals surface area contributed by atoms with Crippen LogP contribution in [0.4, 0.5) is 5.82 Å². The Balaban J connectivity index is 2.42. The minimum atomic E-state index is -0.452. The molecule has 0 unspecified atom stereocenters. The third kappa shape index (κ3) is 2.50. The smallest absolute Gasteiger partial charge is 0.163 e. The molecule has 1 fully saturated rings. The molecule has 0 aliphatic carbocycles. The highest BCUT2D eigenvalue weighted by atomic mass is 79.9. The van der Waals surface area contributed by atoms with Crippen molar-refractivity contribution >= 4 is 21.7 Å². The third-order valence-electron chi connectivity index (χ3n) is 3.17. The fraction of sp³-hybridized carbons (Fsp3) is 0.667. The van der Waals surface area contributed by atoms with Crippen molar-refractivity contribution in [3.63, 3.8) is 0 Å². The van der Waals surface area contributed by atoms with Gasteiger partial charge < -0.3 is 15.2 Å². The number of nitrogens with two attached hydrogens (primary N) is 1. The maximum atomic E-state index is 5.93. The summed E-state index contributed by atoms with van der Waals surface area (Å²) in [5.74, 6) is 1.13. The molecule has 18 heavy (non-hydrogen) atoms. The van der Waals surface area contributed by atoms with E-state index in [2.05, 4.69) is 25.9 Å². The first-order valence-corrected chi connectivity index (χ1v) is 6.90. The van der Waals surface area contributed by atoms with E-state index in [0.717, 1.165) is 23.0 Å². The van der Waals surface area contributed by atoms with E-state index in [0.29, 0.717) is 31.5 Å². The van der Waals surface area contributed by atoms with Crippen LogP contribution in [0.15, 0.2) is 4.47 Å². The molecule has 1 aromatic heterocycles. The van der Waals surface area contributed by atoms with E-state index in [9.17, 15) is 0 Å². The molecule has 2 heterocycles. The molecular formula is C12H18BrN3O2. The first-order chi connectivity index (χ1) is 8.59. The lowest BCUT2D eigenvalue weighted by molar-refractivity contribution is -0.117. The van der Waals surface area contributed by atoms with Crippen LogP contribution in [0.3, 0.4) is 0 Å². The second-order valence-corrected chi connectivity index (χ2v) is 5.16. The number of hydrogen-bond donors (Lipinski definition) is 1. The zero-order chi connectivity index (χ0) is 13.2. The lowest BCUT2D eigenvalue weighted by atomic mass is 9.92. The van der Waals surface area contributed by atoms with Crippen LogP contribution in [-0.4, -0.2) is 29.8 Å². The Morgan fingerprint density at radius 3 is 2.61 bits per heavy atom. The highest BCUT2D eigenvalue weighted by Crippen LogP contribution is 2.35. The Morgan fingerprint density at radius 1 is 1.39 bits per heavy atom.